The number of furan rings is 1. The fraction of sp³-hybridized carbons (Fsp3) is 0.0930. The minimum Gasteiger partial charge on any atom is -0.460 e. The Hall–Kier alpha value is -5.67. The Morgan fingerprint density at radius 3 is 2.28 bits per heavy atom. The molecular formula is C43H34N2O. The summed E-state index contributed by atoms with van der Waals surface area (Å²) in [4.78, 5) is 0. The number of rotatable bonds is 8. The number of hydrogen-bond acceptors (Lipinski definition) is 3. The monoisotopic (exact) mass is 594 g/mol. The molecule has 6 aromatic carbocycles. The van der Waals surface area contributed by atoms with E-state index in [1.165, 1.54) is 43.3 Å². The molecule has 0 bridgehead atoms. The van der Waals surface area contributed by atoms with Crippen molar-refractivity contribution >= 4 is 50.0 Å². The van der Waals surface area contributed by atoms with Crippen molar-refractivity contribution in [2.45, 2.75) is 26.2 Å². The number of allylic oxidation sites excluding steroid dienone is 2. The van der Waals surface area contributed by atoms with Crippen LogP contribution >= 0.6 is 0 Å². The number of fused-ring (bicyclic) bond motifs is 3. The van der Waals surface area contributed by atoms with Crippen LogP contribution in [0.25, 0.3) is 66.5 Å². The summed E-state index contributed by atoms with van der Waals surface area (Å²) in [6.07, 6.45) is 9.32. The first kappa shape index (κ1) is 27.8. The van der Waals surface area contributed by atoms with Crippen molar-refractivity contribution in [2.75, 3.05) is 0 Å². The normalized spacial score (nSPS) is 12.8. The zero-order chi connectivity index (χ0) is 31.0. The molecule has 7 aromatic rings. The van der Waals surface area contributed by atoms with Gasteiger partial charge < -0.3 is 4.42 Å². The van der Waals surface area contributed by atoms with E-state index in [0.29, 0.717) is 0 Å². The van der Waals surface area contributed by atoms with Crippen LogP contribution < -0.4 is 10.6 Å². The Balaban J connectivity index is 1.14. The molecule has 1 aliphatic carbocycles. The molecule has 0 radical (unpaired) electrons. The molecule has 0 spiro atoms. The van der Waals surface area contributed by atoms with E-state index in [4.69, 9.17) is 9.52 Å². The fourth-order valence-corrected chi connectivity index (χ4v) is 6.78. The highest BCUT2D eigenvalue weighted by atomic mass is 16.3. The zero-order valence-electron chi connectivity index (χ0n) is 25.9. The summed E-state index contributed by atoms with van der Waals surface area (Å²) >= 11 is 0. The molecule has 0 atom stereocenters. The minimum absolute atomic E-state index is 0.774. The van der Waals surface area contributed by atoms with Gasteiger partial charge in [-0.25, -0.2) is 0 Å². The van der Waals surface area contributed by atoms with E-state index in [-0.39, 0.29) is 0 Å². The first-order valence-corrected chi connectivity index (χ1v) is 16.0. The molecule has 0 saturated carbocycles. The van der Waals surface area contributed by atoms with Gasteiger partial charge in [0.1, 0.15) is 11.3 Å². The highest BCUT2D eigenvalue weighted by molar-refractivity contribution is 6.22. The molecule has 1 heterocycles. The molecule has 1 aromatic heterocycles. The summed E-state index contributed by atoms with van der Waals surface area (Å²) in [6, 6.07) is 40.9. The third-order valence-electron chi connectivity index (χ3n) is 9.02. The van der Waals surface area contributed by atoms with E-state index < -0.39 is 0 Å². The average Bonchev–Trinajstić information content (AvgIpc) is 3.35. The van der Waals surface area contributed by atoms with E-state index in [0.717, 1.165) is 64.3 Å². The molecule has 0 fully saturated rings. The predicted molar refractivity (Wildman–Crippen MR) is 195 cm³/mol. The third-order valence-corrected chi connectivity index (χ3v) is 9.02. The van der Waals surface area contributed by atoms with Gasteiger partial charge in [0.05, 0.1) is 11.4 Å². The summed E-state index contributed by atoms with van der Waals surface area (Å²) in [5.41, 5.74) is 12.8. The quantitative estimate of drug-likeness (QED) is 0.108. The molecule has 3 nitrogen and oxygen atoms in total. The van der Waals surface area contributed by atoms with E-state index in [9.17, 15) is 0 Å². The Bertz CT molecular complexity index is 2390. The first-order chi connectivity index (χ1) is 22.7. The molecule has 0 aliphatic heterocycles. The Labute approximate surface area is 268 Å². The van der Waals surface area contributed by atoms with Crippen molar-refractivity contribution in [3.8, 4) is 22.3 Å². The van der Waals surface area contributed by atoms with E-state index in [2.05, 4.69) is 134 Å². The second-order valence-electron chi connectivity index (χ2n) is 12.0. The van der Waals surface area contributed by atoms with Gasteiger partial charge in [0.15, 0.2) is 0 Å². The van der Waals surface area contributed by atoms with Crippen LogP contribution in [-0.4, -0.2) is 5.71 Å². The highest BCUT2D eigenvalue weighted by Gasteiger charge is 2.18. The maximum absolute atomic E-state index is 6.35. The molecule has 3 heteroatoms. The van der Waals surface area contributed by atoms with Gasteiger partial charge in [0.25, 0.3) is 0 Å². The Morgan fingerprint density at radius 2 is 1.46 bits per heavy atom. The highest BCUT2D eigenvalue weighted by Crippen LogP contribution is 2.37. The second kappa shape index (κ2) is 11.7. The van der Waals surface area contributed by atoms with Crippen molar-refractivity contribution in [3.05, 3.63) is 156 Å². The smallest absolute Gasteiger partial charge is 0.135 e. The number of hydrogen-bond donors (Lipinski definition) is 1. The number of nitrogens with one attached hydrogen (secondary N) is 1. The van der Waals surface area contributed by atoms with E-state index >= 15 is 0 Å². The molecule has 0 unspecified atom stereocenters. The van der Waals surface area contributed by atoms with Gasteiger partial charge in [-0.3, -0.25) is 5.43 Å². The van der Waals surface area contributed by atoms with Crippen LogP contribution in [0.5, 0.6) is 0 Å². The molecule has 46 heavy (non-hydrogen) atoms. The van der Waals surface area contributed by atoms with Crippen molar-refractivity contribution < 1.29 is 4.42 Å². The molecule has 8 rings (SSSR count). The number of hydrazone groups is 1. The third kappa shape index (κ3) is 4.91. The van der Waals surface area contributed by atoms with Gasteiger partial charge >= 0.3 is 0 Å². The lowest BCUT2D eigenvalue weighted by Gasteiger charge is -2.12. The van der Waals surface area contributed by atoms with E-state index in [1.54, 1.807) is 0 Å². The van der Waals surface area contributed by atoms with Gasteiger partial charge in [-0.2, -0.15) is 5.10 Å². The summed E-state index contributed by atoms with van der Waals surface area (Å²) in [5, 5.41) is 12.2. The van der Waals surface area contributed by atoms with Crippen LogP contribution in [0.2, 0.25) is 0 Å². The van der Waals surface area contributed by atoms with Crippen molar-refractivity contribution in [2.24, 2.45) is 5.10 Å². The van der Waals surface area contributed by atoms with Crippen LogP contribution in [0.4, 0.5) is 0 Å². The lowest BCUT2D eigenvalue weighted by Crippen LogP contribution is -2.10. The van der Waals surface area contributed by atoms with Crippen LogP contribution in [0.3, 0.4) is 0 Å². The first-order valence-electron chi connectivity index (χ1n) is 16.0. The maximum atomic E-state index is 6.35. The SMILES string of the molecule is C=C(N/N=C(\CCC)c1ccccc1)c1cccc(-c2cccc(-c3ccc4c(c3)c3c5c(oc6cccc4c65)CC=CC=3)c2)c1. The van der Waals surface area contributed by atoms with Gasteiger partial charge in [0.2, 0.25) is 0 Å². The number of benzene rings is 6. The molecule has 1 aliphatic rings. The molecule has 0 saturated heterocycles. The average molecular weight is 595 g/mol. The largest absolute Gasteiger partial charge is 0.460 e. The van der Waals surface area contributed by atoms with Gasteiger partial charge in [-0.1, -0.05) is 129 Å². The van der Waals surface area contributed by atoms with E-state index in [1.807, 2.05) is 18.2 Å². The van der Waals surface area contributed by atoms with Crippen molar-refractivity contribution in [1.29, 1.82) is 0 Å². The Morgan fingerprint density at radius 1 is 0.717 bits per heavy atom. The standard InChI is InChI=1S/C43H34N2O/c1-3-12-39(29-13-5-4-6-14-29)45-44-28(2)30-15-9-16-31(25-30)32-17-10-18-33(26-32)34-23-24-35-36-20-11-22-41-42(36)43-37(38(35)27-34)19-7-8-21-40(43)46-41/h4-11,13-20,22-27,44H,2-3,12,21H2,1H3/b45-39+. The summed E-state index contributed by atoms with van der Waals surface area (Å²) in [6.45, 7) is 6.49. The van der Waals surface area contributed by atoms with Gasteiger partial charge in [-0.15, -0.1) is 0 Å². The van der Waals surface area contributed by atoms with Crippen molar-refractivity contribution in [1.82, 2.24) is 5.43 Å². The van der Waals surface area contributed by atoms with Crippen LogP contribution in [0, 0.1) is 0 Å². The summed E-state index contributed by atoms with van der Waals surface area (Å²) in [5.74, 6) is 1.05. The minimum atomic E-state index is 0.774. The van der Waals surface area contributed by atoms with Crippen LogP contribution in [-0.2, 0) is 6.42 Å². The molecule has 1 N–H and O–H groups in total. The van der Waals surface area contributed by atoms with Crippen molar-refractivity contribution in [3.63, 3.8) is 0 Å². The lowest BCUT2D eigenvalue weighted by atomic mass is 9.92. The summed E-state index contributed by atoms with van der Waals surface area (Å²) in [7, 11) is 0. The zero-order valence-corrected chi connectivity index (χ0v) is 25.9. The summed E-state index contributed by atoms with van der Waals surface area (Å²) < 4.78 is 6.35. The fourth-order valence-electron chi connectivity index (χ4n) is 6.78. The molecule has 222 valence electrons. The lowest BCUT2D eigenvalue weighted by molar-refractivity contribution is 0.570. The van der Waals surface area contributed by atoms with Gasteiger partial charge in [0, 0.05) is 17.2 Å². The molecule has 0 amide bonds. The van der Waals surface area contributed by atoms with Crippen LogP contribution in [0.15, 0.2) is 144 Å². The Kier molecular flexibility index (Phi) is 7.07. The predicted octanol–water partition coefficient (Wildman–Crippen LogP) is 10.4. The topological polar surface area (TPSA) is 37.5 Å². The second-order valence-corrected chi connectivity index (χ2v) is 12.0. The number of nitrogens with zero attached hydrogens (tertiary/aromatic N) is 1. The molecular weight excluding hydrogens is 560 g/mol. The maximum Gasteiger partial charge on any atom is 0.135 e. The van der Waals surface area contributed by atoms with Crippen LogP contribution in [0.1, 0.15) is 36.7 Å². The van der Waals surface area contributed by atoms with Gasteiger partial charge in [-0.05, 0) is 85.4 Å².